The molecule has 0 unspecified atom stereocenters. The maximum Gasteiger partial charge on any atom is 0.173 e. The van der Waals surface area contributed by atoms with Crippen LogP contribution in [-0.4, -0.2) is 24.3 Å². The standard InChI is InChI=1S/C14H25BSi2/c1-6-9-13-14(17(3,4)5)16-12-8-11-15(13)10-7-2/h6-7H,1-2,8-12H2,3-5H3. The fourth-order valence-corrected chi connectivity index (χ4v) is 7.62. The van der Waals surface area contributed by atoms with Gasteiger partial charge in [0.25, 0.3) is 0 Å². The largest absolute Gasteiger partial charge is 0.173 e. The highest BCUT2D eigenvalue weighted by Gasteiger charge is 2.29. The number of hydrogen-bond donors (Lipinski definition) is 0. The van der Waals surface area contributed by atoms with E-state index < -0.39 is 8.07 Å². The first-order valence-electron chi connectivity index (χ1n) is 6.70. The molecular weight excluding hydrogens is 235 g/mol. The first-order valence-corrected chi connectivity index (χ1v) is 11.4. The molecule has 0 aliphatic carbocycles. The van der Waals surface area contributed by atoms with Gasteiger partial charge in [-0.25, -0.2) is 0 Å². The van der Waals surface area contributed by atoms with Crippen LogP contribution in [0.4, 0.5) is 0 Å². The smallest absolute Gasteiger partial charge is 0.106 e. The molecule has 1 aliphatic rings. The van der Waals surface area contributed by atoms with Gasteiger partial charge in [0.15, 0.2) is 6.71 Å². The Hall–Kier alpha value is -0.281. The molecule has 0 amide bonds. The summed E-state index contributed by atoms with van der Waals surface area (Å²) in [4.78, 5) is 1.85. The molecule has 0 spiro atoms. The lowest BCUT2D eigenvalue weighted by molar-refractivity contribution is 1.05. The molecule has 0 aromatic carbocycles. The molecule has 3 heteroatoms. The van der Waals surface area contributed by atoms with Crippen LogP contribution in [0.25, 0.3) is 0 Å². The van der Waals surface area contributed by atoms with Crippen molar-refractivity contribution in [2.24, 2.45) is 0 Å². The molecule has 1 aliphatic heterocycles. The number of hydrogen-bond acceptors (Lipinski definition) is 0. The van der Waals surface area contributed by atoms with E-state index in [-0.39, 0.29) is 0 Å². The summed E-state index contributed by atoms with van der Waals surface area (Å²) in [6.07, 6.45) is 9.21. The van der Waals surface area contributed by atoms with Crippen molar-refractivity contribution >= 4 is 24.3 Å². The van der Waals surface area contributed by atoms with Crippen molar-refractivity contribution in [3.8, 4) is 0 Å². The predicted molar refractivity (Wildman–Crippen MR) is 85.9 cm³/mol. The average Bonchev–Trinajstić information content (AvgIpc) is 2.42. The maximum absolute atomic E-state index is 3.95. The third kappa shape index (κ3) is 4.14. The van der Waals surface area contributed by atoms with Gasteiger partial charge in [-0.1, -0.05) is 56.9 Å². The normalized spacial score (nSPS) is 17.9. The van der Waals surface area contributed by atoms with Gasteiger partial charge in [-0.3, -0.25) is 0 Å². The molecule has 0 fully saturated rings. The molecule has 0 aromatic heterocycles. The fourth-order valence-electron chi connectivity index (χ4n) is 2.69. The zero-order valence-electron chi connectivity index (χ0n) is 11.7. The van der Waals surface area contributed by atoms with Crippen LogP contribution in [0.3, 0.4) is 0 Å². The zero-order valence-corrected chi connectivity index (χ0v) is 13.7. The molecule has 0 saturated heterocycles. The van der Waals surface area contributed by atoms with Crippen LogP contribution in [-0.2, 0) is 0 Å². The van der Waals surface area contributed by atoms with Crippen LogP contribution in [0.15, 0.2) is 35.6 Å². The Morgan fingerprint density at radius 3 is 2.53 bits per heavy atom. The van der Waals surface area contributed by atoms with E-state index in [1.165, 1.54) is 18.8 Å². The molecular formula is C14H25BSi2. The Bertz CT molecular complexity index is 313. The van der Waals surface area contributed by atoms with Crippen molar-refractivity contribution in [3.05, 3.63) is 35.6 Å². The van der Waals surface area contributed by atoms with Gasteiger partial charge in [-0.2, -0.15) is 0 Å². The molecule has 1 rings (SSSR count). The topological polar surface area (TPSA) is 0 Å². The van der Waals surface area contributed by atoms with Crippen LogP contribution in [0.1, 0.15) is 12.8 Å². The highest BCUT2D eigenvalue weighted by atomic mass is 28.4. The summed E-state index contributed by atoms with van der Waals surface area (Å²) >= 11 is 0. The van der Waals surface area contributed by atoms with E-state index in [0.717, 1.165) is 29.0 Å². The van der Waals surface area contributed by atoms with E-state index in [1.54, 1.807) is 5.47 Å². The molecule has 0 N–H and O–H groups in total. The van der Waals surface area contributed by atoms with Crippen molar-refractivity contribution in [1.29, 1.82) is 0 Å². The third-order valence-electron chi connectivity index (χ3n) is 3.41. The molecule has 0 bridgehead atoms. The van der Waals surface area contributed by atoms with Crippen molar-refractivity contribution in [1.82, 2.24) is 0 Å². The second-order valence-corrected chi connectivity index (χ2v) is 12.8. The van der Waals surface area contributed by atoms with Gasteiger partial charge in [-0.05, 0) is 6.42 Å². The predicted octanol–water partition coefficient (Wildman–Crippen LogP) is 4.44. The minimum absolute atomic E-state index is 0.752. The maximum atomic E-state index is 3.95. The highest BCUT2D eigenvalue weighted by Crippen LogP contribution is 2.30. The van der Waals surface area contributed by atoms with E-state index in [4.69, 9.17) is 0 Å². The van der Waals surface area contributed by atoms with Gasteiger partial charge in [0.1, 0.15) is 0 Å². The molecule has 0 aromatic rings. The first kappa shape index (κ1) is 14.8. The fraction of sp³-hybridized carbons (Fsp3) is 0.571. The summed E-state index contributed by atoms with van der Waals surface area (Å²) in [5, 5.41) is 0. The summed E-state index contributed by atoms with van der Waals surface area (Å²) in [5.74, 6) is 0. The van der Waals surface area contributed by atoms with E-state index >= 15 is 0 Å². The van der Waals surface area contributed by atoms with Gasteiger partial charge in [0.2, 0.25) is 0 Å². The Kier molecular flexibility index (Phi) is 5.74. The molecule has 2 radical (unpaired) electrons. The van der Waals surface area contributed by atoms with Gasteiger partial charge < -0.3 is 0 Å². The van der Waals surface area contributed by atoms with E-state index in [0.29, 0.717) is 0 Å². The minimum Gasteiger partial charge on any atom is -0.106 e. The molecule has 0 nitrogen and oxygen atoms in total. The van der Waals surface area contributed by atoms with Crippen molar-refractivity contribution in [2.75, 3.05) is 0 Å². The first-order chi connectivity index (χ1) is 8.00. The van der Waals surface area contributed by atoms with Crippen LogP contribution in [0.2, 0.25) is 38.3 Å². The lowest BCUT2D eigenvalue weighted by Gasteiger charge is -2.26. The quantitative estimate of drug-likeness (QED) is 0.506. The number of allylic oxidation sites excluding steroid dienone is 3. The van der Waals surface area contributed by atoms with Gasteiger partial charge in [0.05, 0.1) is 17.6 Å². The van der Waals surface area contributed by atoms with Crippen molar-refractivity contribution < 1.29 is 0 Å². The summed E-state index contributed by atoms with van der Waals surface area (Å²) < 4.78 is 0. The second kappa shape index (κ2) is 6.60. The van der Waals surface area contributed by atoms with Gasteiger partial charge in [-0.15, -0.1) is 23.4 Å². The Balaban J connectivity index is 3.12. The summed E-state index contributed by atoms with van der Waals surface area (Å²) in [6, 6.07) is 1.41. The SMILES string of the molecule is C=CCB1CCC[Si]C([Si](C)(C)C)=C1CC=C. The Morgan fingerprint density at radius 1 is 1.29 bits per heavy atom. The summed E-state index contributed by atoms with van der Waals surface area (Å²) in [7, 11) is -0.0727. The second-order valence-electron chi connectivity index (χ2n) is 5.93. The molecule has 0 atom stereocenters. The van der Waals surface area contributed by atoms with Crippen LogP contribution in [0.5, 0.6) is 0 Å². The highest BCUT2D eigenvalue weighted by molar-refractivity contribution is 6.95. The summed E-state index contributed by atoms with van der Waals surface area (Å²) in [6.45, 7) is 16.1. The summed E-state index contributed by atoms with van der Waals surface area (Å²) in [5.41, 5.74) is 1.73. The van der Waals surface area contributed by atoms with E-state index in [2.05, 4.69) is 45.0 Å². The van der Waals surface area contributed by atoms with Crippen LogP contribution in [0, 0.1) is 0 Å². The Morgan fingerprint density at radius 2 is 2.00 bits per heavy atom. The van der Waals surface area contributed by atoms with Crippen LogP contribution >= 0.6 is 0 Å². The molecule has 0 saturated carbocycles. The van der Waals surface area contributed by atoms with E-state index in [9.17, 15) is 0 Å². The van der Waals surface area contributed by atoms with Gasteiger partial charge in [0, 0.05) is 0 Å². The van der Waals surface area contributed by atoms with Crippen LogP contribution < -0.4 is 0 Å². The lowest BCUT2D eigenvalue weighted by Crippen LogP contribution is -2.31. The monoisotopic (exact) mass is 260 g/mol. The molecule has 17 heavy (non-hydrogen) atoms. The molecule has 1 heterocycles. The van der Waals surface area contributed by atoms with Crippen molar-refractivity contribution in [2.45, 2.75) is 51.2 Å². The van der Waals surface area contributed by atoms with Crippen molar-refractivity contribution in [3.63, 3.8) is 0 Å². The average molecular weight is 260 g/mol. The Labute approximate surface area is 111 Å². The number of rotatable bonds is 5. The zero-order chi connectivity index (χ0) is 12.9. The lowest BCUT2D eigenvalue weighted by atomic mass is 9.39. The third-order valence-corrected chi connectivity index (χ3v) is 9.29. The minimum atomic E-state index is -1.15. The van der Waals surface area contributed by atoms with Gasteiger partial charge >= 0.3 is 0 Å². The van der Waals surface area contributed by atoms with E-state index in [1.807, 2.05) is 4.82 Å². The molecule has 92 valence electrons.